The molecule has 0 spiro atoms. The van der Waals surface area contributed by atoms with Crippen LogP contribution < -0.4 is 0 Å². The van der Waals surface area contributed by atoms with Crippen molar-refractivity contribution in [1.29, 1.82) is 0 Å². The summed E-state index contributed by atoms with van der Waals surface area (Å²) in [6, 6.07) is 0. The van der Waals surface area contributed by atoms with E-state index in [1.54, 1.807) is 0 Å². The molecule has 0 atom stereocenters. The molecule has 0 unspecified atom stereocenters. The molecule has 2 aliphatic heterocycles. The first kappa shape index (κ1) is 20.5. The standard InChI is InChI=1S/C13H24N2O2.C5H10N2/c1-2-3-4-5-6-7-8-12-14-9-10-15(12)11-13(16)17;1-2-7-4-3-6-5-7/h2-11H2,1H3,(H,16,17);5H,2-4H2,1H3. The van der Waals surface area contributed by atoms with Crippen LogP contribution in [0.5, 0.6) is 0 Å². The van der Waals surface area contributed by atoms with Gasteiger partial charge in [-0.05, 0) is 13.3 Å². The maximum atomic E-state index is 10.7. The molecule has 1 N–H and O–H groups in total. The summed E-state index contributed by atoms with van der Waals surface area (Å²) >= 11 is 0. The molecule has 0 radical (unpaired) electrons. The van der Waals surface area contributed by atoms with Gasteiger partial charge in [0.15, 0.2) is 0 Å². The molecule has 0 saturated heterocycles. The van der Waals surface area contributed by atoms with Crippen LogP contribution in [-0.4, -0.2) is 72.3 Å². The minimum Gasteiger partial charge on any atom is -0.480 e. The summed E-state index contributed by atoms with van der Waals surface area (Å²) in [7, 11) is 0. The quantitative estimate of drug-likeness (QED) is 0.622. The van der Waals surface area contributed by atoms with Gasteiger partial charge in [-0.2, -0.15) is 0 Å². The van der Waals surface area contributed by atoms with Crippen molar-refractivity contribution in [2.45, 2.75) is 58.8 Å². The molecule has 24 heavy (non-hydrogen) atoms. The molecule has 0 aromatic carbocycles. The second-order valence-electron chi connectivity index (χ2n) is 6.28. The van der Waals surface area contributed by atoms with Crippen molar-refractivity contribution >= 4 is 18.1 Å². The molecule has 0 amide bonds. The Hall–Kier alpha value is -1.59. The lowest BCUT2D eigenvalue weighted by Crippen LogP contribution is -2.32. The normalized spacial score (nSPS) is 16.2. The molecule has 0 aromatic rings. The van der Waals surface area contributed by atoms with E-state index in [0.29, 0.717) is 0 Å². The first-order valence-corrected chi connectivity index (χ1v) is 9.41. The molecule has 138 valence electrons. The van der Waals surface area contributed by atoms with E-state index in [0.717, 1.165) is 51.4 Å². The van der Waals surface area contributed by atoms with Crippen LogP contribution in [0.25, 0.3) is 0 Å². The molecule has 0 fully saturated rings. The van der Waals surface area contributed by atoms with E-state index in [9.17, 15) is 4.79 Å². The summed E-state index contributed by atoms with van der Waals surface area (Å²) in [6.45, 7) is 9.22. The first-order valence-electron chi connectivity index (χ1n) is 9.41. The molecule has 6 heteroatoms. The van der Waals surface area contributed by atoms with E-state index in [1.807, 2.05) is 11.2 Å². The van der Waals surface area contributed by atoms with Gasteiger partial charge < -0.3 is 14.9 Å². The lowest BCUT2D eigenvalue weighted by molar-refractivity contribution is -0.137. The van der Waals surface area contributed by atoms with Crippen LogP contribution in [0.3, 0.4) is 0 Å². The van der Waals surface area contributed by atoms with Gasteiger partial charge in [-0.3, -0.25) is 14.8 Å². The van der Waals surface area contributed by atoms with Gasteiger partial charge in [0.25, 0.3) is 0 Å². The Morgan fingerprint density at radius 3 is 2.46 bits per heavy atom. The van der Waals surface area contributed by atoms with Crippen molar-refractivity contribution in [2.24, 2.45) is 9.98 Å². The van der Waals surface area contributed by atoms with E-state index >= 15 is 0 Å². The minimum absolute atomic E-state index is 0.106. The predicted molar refractivity (Wildman–Crippen MR) is 100 cm³/mol. The number of carboxylic acid groups (broad SMARTS) is 1. The maximum Gasteiger partial charge on any atom is 0.323 e. The molecule has 0 bridgehead atoms. The average Bonchev–Trinajstić information content (AvgIpc) is 3.23. The zero-order valence-electron chi connectivity index (χ0n) is 15.4. The van der Waals surface area contributed by atoms with Gasteiger partial charge in [-0.1, -0.05) is 39.0 Å². The highest BCUT2D eigenvalue weighted by molar-refractivity contribution is 5.86. The summed E-state index contributed by atoms with van der Waals surface area (Å²) in [5.74, 6) is 0.241. The number of unbranched alkanes of at least 4 members (excludes halogenated alkanes) is 5. The number of hydrogen-bond donors (Lipinski definition) is 1. The molecular formula is C18H34N4O2. The molecule has 0 saturated carbocycles. The number of rotatable bonds is 10. The van der Waals surface area contributed by atoms with E-state index < -0.39 is 5.97 Å². The van der Waals surface area contributed by atoms with Crippen molar-refractivity contribution in [1.82, 2.24) is 9.80 Å². The Kier molecular flexibility index (Phi) is 10.9. The van der Waals surface area contributed by atoms with Crippen molar-refractivity contribution in [3.05, 3.63) is 0 Å². The largest absolute Gasteiger partial charge is 0.480 e. The fourth-order valence-corrected chi connectivity index (χ4v) is 2.82. The number of likely N-dealkylation sites (N-methyl/N-ethyl adjacent to an activating group) is 1. The Labute approximate surface area is 146 Å². The highest BCUT2D eigenvalue weighted by Crippen LogP contribution is 2.11. The Bertz CT molecular complexity index is 410. The predicted octanol–water partition coefficient (Wildman–Crippen LogP) is 2.89. The van der Waals surface area contributed by atoms with Crippen LogP contribution in [0.15, 0.2) is 9.98 Å². The number of aliphatic carboxylic acids is 1. The number of hydrogen-bond acceptors (Lipinski definition) is 5. The maximum absolute atomic E-state index is 10.7. The van der Waals surface area contributed by atoms with Crippen LogP contribution in [0.2, 0.25) is 0 Å². The molecule has 6 nitrogen and oxygen atoms in total. The van der Waals surface area contributed by atoms with Crippen molar-refractivity contribution < 1.29 is 9.90 Å². The lowest BCUT2D eigenvalue weighted by atomic mass is 10.1. The molecule has 0 aromatic heterocycles. The van der Waals surface area contributed by atoms with Crippen LogP contribution in [0.4, 0.5) is 0 Å². The molecule has 0 aliphatic carbocycles. The van der Waals surface area contributed by atoms with Gasteiger partial charge in [-0.15, -0.1) is 0 Å². The first-order chi connectivity index (χ1) is 11.7. The molecule has 2 heterocycles. The van der Waals surface area contributed by atoms with Crippen molar-refractivity contribution in [3.8, 4) is 0 Å². The monoisotopic (exact) mass is 338 g/mol. The summed E-state index contributed by atoms with van der Waals surface area (Å²) < 4.78 is 0. The van der Waals surface area contributed by atoms with Gasteiger partial charge in [0, 0.05) is 26.1 Å². The number of carbonyl (C=O) groups is 1. The third-order valence-corrected chi connectivity index (χ3v) is 4.28. The molecule has 2 rings (SSSR count). The highest BCUT2D eigenvalue weighted by Gasteiger charge is 2.18. The number of nitrogens with zero attached hydrogens (tertiary/aromatic N) is 4. The zero-order chi connectivity index (χ0) is 17.6. The second kappa shape index (κ2) is 12.8. The summed E-state index contributed by atoms with van der Waals surface area (Å²) in [5.41, 5.74) is 0. The van der Waals surface area contributed by atoms with Crippen molar-refractivity contribution in [2.75, 3.05) is 39.3 Å². The fraction of sp³-hybridized carbons (Fsp3) is 0.833. The smallest absolute Gasteiger partial charge is 0.323 e. The van der Waals surface area contributed by atoms with Crippen LogP contribution in [-0.2, 0) is 4.79 Å². The highest BCUT2D eigenvalue weighted by atomic mass is 16.4. The van der Waals surface area contributed by atoms with Crippen LogP contribution in [0.1, 0.15) is 58.8 Å². The third kappa shape index (κ3) is 8.89. The topological polar surface area (TPSA) is 68.5 Å². The lowest BCUT2D eigenvalue weighted by Gasteiger charge is -2.17. The Balaban J connectivity index is 0.000000341. The van der Waals surface area contributed by atoms with Gasteiger partial charge in [0.1, 0.15) is 6.54 Å². The SMILES string of the molecule is CCCCCCCCC1=NCCN1CC(=O)O.CCN1C=NCC1. The third-order valence-electron chi connectivity index (χ3n) is 4.28. The molecular weight excluding hydrogens is 304 g/mol. The van der Waals surface area contributed by atoms with Gasteiger partial charge in [0.05, 0.1) is 25.3 Å². The van der Waals surface area contributed by atoms with E-state index in [1.165, 1.54) is 32.1 Å². The van der Waals surface area contributed by atoms with Crippen molar-refractivity contribution in [3.63, 3.8) is 0 Å². The Morgan fingerprint density at radius 1 is 1.12 bits per heavy atom. The summed E-state index contributed by atoms with van der Waals surface area (Å²) in [6.07, 6.45) is 10.4. The zero-order valence-corrected chi connectivity index (χ0v) is 15.4. The van der Waals surface area contributed by atoms with Crippen LogP contribution >= 0.6 is 0 Å². The Morgan fingerprint density at radius 2 is 1.88 bits per heavy atom. The second-order valence-corrected chi connectivity index (χ2v) is 6.28. The minimum atomic E-state index is -0.762. The van der Waals surface area contributed by atoms with E-state index in [2.05, 4.69) is 28.7 Å². The fourth-order valence-electron chi connectivity index (χ4n) is 2.82. The summed E-state index contributed by atoms with van der Waals surface area (Å²) in [5, 5.41) is 8.76. The molecule has 2 aliphatic rings. The summed E-state index contributed by atoms with van der Waals surface area (Å²) in [4.78, 5) is 23.2. The number of aliphatic imine (C=N–C) groups is 2. The average molecular weight is 338 g/mol. The van der Waals surface area contributed by atoms with Gasteiger partial charge in [0.2, 0.25) is 0 Å². The van der Waals surface area contributed by atoms with E-state index in [-0.39, 0.29) is 6.54 Å². The number of amidine groups is 1. The van der Waals surface area contributed by atoms with Gasteiger partial charge >= 0.3 is 5.97 Å². The number of carboxylic acids is 1. The van der Waals surface area contributed by atoms with Crippen LogP contribution in [0, 0.1) is 0 Å². The van der Waals surface area contributed by atoms with E-state index in [4.69, 9.17) is 5.11 Å². The van der Waals surface area contributed by atoms with Gasteiger partial charge in [-0.25, -0.2) is 0 Å².